The van der Waals surface area contributed by atoms with E-state index in [1.165, 1.54) is 0 Å². The average Bonchev–Trinajstić information content (AvgIpc) is 3.34. The minimum Gasteiger partial charge on any atom is -0.463 e. The predicted molar refractivity (Wildman–Crippen MR) is 209 cm³/mol. The number of ether oxygens (including phenoxy) is 9. The van der Waals surface area contributed by atoms with Crippen LogP contribution in [-0.2, 0) is 71.4 Å². The Kier molecular flexibility index (Phi) is 21.2. The molecule has 340 valence electrons. The molecule has 0 radical (unpaired) electrons. The molecule has 0 spiro atoms. The summed E-state index contributed by atoms with van der Waals surface area (Å²) in [7, 11) is 0. The second-order valence-electron chi connectivity index (χ2n) is 18.0. The van der Waals surface area contributed by atoms with Gasteiger partial charge < -0.3 is 52.8 Å². The van der Waals surface area contributed by atoms with Crippen molar-refractivity contribution < 1.29 is 81.6 Å². The van der Waals surface area contributed by atoms with Crippen LogP contribution < -0.4 is 0 Å². The molecule has 0 saturated carbocycles. The van der Waals surface area contributed by atoms with E-state index in [0.717, 1.165) is 0 Å². The number of esters is 6. The van der Waals surface area contributed by atoms with Gasteiger partial charge in [0.1, 0.15) is 44.2 Å². The van der Waals surface area contributed by atoms with Crippen LogP contribution in [0.5, 0.6) is 0 Å². The third-order valence-electron chi connectivity index (χ3n) is 8.90. The first kappa shape index (κ1) is 51.8. The number of carbonyl (C=O) groups excluding carboxylic acids is 6. The van der Waals surface area contributed by atoms with E-state index in [-0.39, 0.29) is 74.0 Å². The average molecular weight is 847 g/mol. The smallest absolute Gasteiger partial charge is 0.306 e. The second kappa shape index (κ2) is 24.2. The topological polar surface area (TPSA) is 226 Å². The Morgan fingerprint density at radius 3 is 1.31 bits per heavy atom. The number of carbonyl (C=O) groups is 6. The molecular formula is C42H70O17. The summed E-state index contributed by atoms with van der Waals surface area (Å²) in [6, 6.07) is 0. The molecule has 17 heteroatoms. The lowest BCUT2D eigenvalue weighted by Crippen LogP contribution is -2.64. The van der Waals surface area contributed by atoms with E-state index in [0.29, 0.717) is 0 Å². The molecule has 2 saturated heterocycles. The van der Waals surface area contributed by atoms with E-state index < -0.39 is 110 Å². The minimum atomic E-state index is -2.47. The Morgan fingerprint density at radius 1 is 0.492 bits per heavy atom. The van der Waals surface area contributed by atoms with Crippen molar-refractivity contribution >= 4 is 35.8 Å². The zero-order valence-corrected chi connectivity index (χ0v) is 37.0. The molecule has 9 atom stereocenters. The molecule has 59 heavy (non-hydrogen) atoms. The normalized spacial score (nSPS) is 27.1. The highest BCUT2D eigenvalue weighted by Gasteiger charge is 2.64. The highest BCUT2D eigenvalue weighted by molar-refractivity contribution is 5.72. The first-order valence-corrected chi connectivity index (χ1v) is 20.8. The van der Waals surface area contributed by atoms with Gasteiger partial charge in [-0.3, -0.25) is 28.8 Å². The molecule has 2 fully saturated rings. The molecule has 2 heterocycles. The van der Waals surface area contributed by atoms with Crippen LogP contribution in [0.2, 0.25) is 0 Å². The molecular weight excluding hydrogens is 776 g/mol. The molecule has 0 aliphatic carbocycles. The Morgan fingerprint density at radius 2 is 0.864 bits per heavy atom. The molecule has 0 aromatic heterocycles. The van der Waals surface area contributed by atoms with E-state index in [1.807, 2.05) is 27.7 Å². The lowest BCUT2D eigenvalue weighted by atomic mass is 9.98. The lowest BCUT2D eigenvalue weighted by Gasteiger charge is -2.45. The zero-order valence-electron chi connectivity index (χ0n) is 37.0. The summed E-state index contributed by atoms with van der Waals surface area (Å²) >= 11 is 0. The Hall–Kier alpha value is -3.38. The fraction of sp³-hybridized carbons (Fsp3) is 0.857. The Labute approximate surface area is 348 Å². The Balaban J connectivity index is 2.83. The van der Waals surface area contributed by atoms with Gasteiger partial charge in [-0.2, -0.15) is 0 Å². The molecule has 0 bridgehead atoms. The monoisotopic (exact) mass is 846 g/mol. The highest BCUT2D eigenvalue weighted by atomic mass is 16.8. The third-order valence-corrected chi connectivity index (χ3v) is 8.90. The van der Waals surface area contributed by atoms with Crippen LogP contribution in [-0.4, -0.2) is 121 Å². The van der Waals surface area contributed by atoms with E-state index in [2.05, 4.69) is 0 Å². The van der Waals surface area contributed by atoms with Crippen molar-refractivity contribution in [2.75, 3.05) is 19.8 Å². The van der Waals surface area contributed by atoms with Gasteiger partial charge in [-0.05, 0) is 35.5 Å². The first-order chi connectivity index (χ1) is 27.4. The summed E-state index contributed by atoms with van der Waals surface area (Å²) < 4.78 is 53.4. The van der Waals surface area contributed by atoms with Crippen molar-refractivity contribution in [3.05, 3.63) is 0 Å². The maximum Gasteiger partial charge on any atom is 0.306 e. The molecule has 0 aromatic carbocycles. The summed E-state index contributed by atoms with van der Waals surface area (Å²) in [6.07, 6.45) is -13.8. The first-order valence-electron chi connectivity index (χ1n) is 20.8. The number of hydrogen-bond acceptors (Lipinski definition) is 17. The van der Waals surface area contributed by atoms with Gasteiger partial charge in [0.15, 0.2) is 18.3 Å². The van der Waals surface area contributed by atoms with Gasteiger partial charge in [0.25, 0.3) is 0 Å². The van der Waals surface area contributed by atoms with Crippen LogP contribution in [0, 0.1) is 35.5 Å². The predicted octanol–water partition coefficient (Wildman–Crippen LogP) is 4.19. The largest absolute Gasteiger partial charge is 0.463 e. The molecule has 2 rings (SSSR count). The van der Waals surface area contributed by atoms with Crippen molar-refractivity contribution in [2.45, 2.75) is 176 Å². The number of aliphatic hydroxyl groups excluding tert-OH is 2. The van der Waals surface area contributed by atoms with Gasteiger partial charge in [-0.1, -0.05) is 83.1 Å². The summed E-state index contributed by atoms with van der Waals surface area (Å²) in [5.74, 6) is -7.53. The fourth-order valence-electron chi connectivity index (χ4n) is 6.26. The summed E-state index contributed by atoms with van der Waals surface area (Å²) in [6.45, 7) is 19.5. The zero-order chi connectivity index (χ0) is 44.8. The molecule has 2 N–H and O–H groups in total. The summed E-state index contributed by atoms with van der Waals surface area (Å²) in [5.41, 5.74) is 0. The molecule has 2 aliphatic heterocycles. The van der Waals surface area contributed by atoms with Crippen molar-refractivity contribution in [1.29, 1.82) is 0 Å². The fourth-order valence-corrected chi connectivity index (χ4v) is 6.26. The summed E-state index contributed by atoms with van der Waals surface area (Å²) in [5, 5.41) is 22.7. The molecule has 17 nitrogen and oxygen atoms in total. The van der Waals surface area contributed by atoms with Crippen LogP contribution in [0.4, 0.5) is 0 Å². The molecule has 2 aliphatic rings. The van der Waals surface area contributed by atoms with E-state index in [1.54, 1.807) is 55.4 Å². The van der Waals surface area contributed by atoms with Gasteiger partial charge in [-0.25, -0.2) is 0 Å². The van der Waals surface area contributed by atoms with Gasteiger partial charge in [0, 0.05) is 38.5 Å². The molecule has 0 amide bonds. The highest BCUT2D eigenvalue weighted by Crippen LogP contribution is 2.41. The second-order valence-corrected chi connectivity index (χ2v) is 18.0. The van der Waals surface area contributed by atoms with E-state index in [9.17, 15) is 39.0 Å². The van der Waals surface area contributed by atoms with E-state index >= 15 is 0 Å². The van der Waals surface area contributed by atoms with Crippen molar-refractivity contribution in [2.24, 2.45) is 35.5 Å². The number of aliphatic hydroxyl groups is 2. The van der Waals surface area contributed by atoms with Gasteiger partial charge in [-0.15, -0.1) is 0 Å². The molecule has 0 aromatic rings. The standard InChI is InChI=1S/C42H70O17/c1-22(2)13-30(43)51-19-28-36(49)37(50)39(56-34(47)17-26(9)10)41(54-28)59-42(21-53-32(45)15-24(5)6)40(57-35(48)18-27(11)12)38(55-33(46)16-25(7)8)29(58-42)20-52-31(44)14-23(3)4/h22-29,36-41,49-50H,13-21H2,1-12H3/t28-,29-,36-,37+,38-,39-,40+,41-,42+/m1/s1. The van der Waals surface area contributed by atoms with Gasteiger partial charge in [0.05, 0.1) is 0 Å². The van der Waals surface area contributed by atoms with Crippen LogP contribution in [0.3, 0.4) is 0 Å². The number of rotatable bonds is 23. The van der Waals surface area contributed by atoms with Crippen molar-refractivity contribution in [3.63, 3.8) is 0 Å². The van der Waals surface area contributed by atoms with Gasteiger partial charge >= 0.3 is 35.8 Å². The third kappa shape index (κ3) is 17.6. The Bertz CT molecular complexity index is 1370. The maximum absolute atomic E-state index is 13.6. The lowest BCUT2D eigenvalue weighted by molar-refractivity contribution is -0.384. The van der Waals surface area contributed by atoms with Crippen LogP contribution in [0.1, 0.15) is 122 Å². The van der Waals surface area contributed by atoms with E-state index in [4.69, 9.17) is 42.6 Å². The minimum absolute atomic E-state index is 0.0362. The quantitative estimate of drug-likeness (QED) is 0.109. The van der Waals surface area contributed by atoms with Gasteiger partial charge in [0.2, 0.25) is 12.1 Å². The van der Waals surface area contributed by atoms with Crippen LogP contribution in [0.25, 0.3) is 0 Å². The van der Waals surface area contributed by atoms with Crippen LogP contribution >= 0.6 is 0 Å². The SMILES string of the molecule is CC(C)CC(=O)OC[C@H]1O[C@H](O[C@]2(COC(=O)CC(C)C)O[C@H](COC(=O)CC(C)C)[C@@H](OC(=O)CC(C)C)[C@@H]2OC(=O)CC(C)C)[C@H](OC(=O)CC(C)C)[C@@H](O)[C@@H]1O. The van der Waals surface area contributed by atoms with Crippen molar-refractivity contribution in [1.82, 2.24) is 0 Å². The van der Waals surface area contributed by atoms with Crippen molar-refractivity contribution in [3.8, 4) is 0 Å². The molecule has 0 unspecified atom stereocenters. The maximum atomic E-state index is 13.6. The van der Waals surface area contributed by atoms with Crippen LogP contribution in [0.15, 0.2) is 0 Å². The summed E-state index contributed by atoms with van der Waals surface area (Å²) in [4.78, 5) is 78.6. The number of hydrogen-bond donors (Lipinski definition) is 2.